The Hall–Kier alpha value is 1.27. The second-order valence-electron chi connectivity index (χ2n) is 4.89. The summed E-state index contributed by atoms with van der Waals surface area (Å²) >= 11 is 14.1. The minimum atomic E-state index is 0.102. The lowest BCUT2D eigenvalue weighted by atomic mass is 9.80. The van der Waals surface area contributed by atoms with Gasteiger partial charge in [0.25, 0.3) is 0 Å². The van der Waals surface area contributed by atoms with E-state index >= 15 is 0 Å². The van der Waals surface area contributed by atoms with Crippen molar-refractivity contribution in [1.29, 1.82) is 0 Å². The van der Waals surface area contributed by atoms with Gasteiger partial charge in [-0.15, -0.1) is 23.2 Å². The zero-order valence-corrected chi connectivity index (χ0v) is 13.6. The lowest BCUT2D eigenvalue weighted by Crippen LogP contribution is -2.35. The van der Waals surface area contributed by atoms with Gasteiger partial charge in [-0.1, -0.05) is 36.4 Å². The smallest absolute Gasteiger partial charge is 0.0843 e. The van der Waals surface area contributed by atoms with Crippen LogP contribution in [0, 0.1) is 11.8 Å². The standard InChI is InChI=1S/C12H21Cl2IO/c1-8-3-4-10(5-9(8)2)16-12(7-14)11(15)6-13/h8-12H,3-7H2,1-2H3. The zero-order chi connectivity index (χ0) is 12.1. The molecule has 5 unspecified atom stereocenters. The quantitative estimate of drug-likeness (QED) is 0.506. The largest absolute Gasteiger partial charge is 0.373 e. The molecule has 0 amide bonds. The van der Waals surface area contributed by atoms with Crippen LogP contribution in [0.1, 0.15) is 33.1 Å². The third-order valence-electron chi connectivity index (χ3n) is 3.62. The second kappa shape index (κ2) is 7.65. The Morgan fingerprint density at radius 1 is 1.19 bits per heavy atom. The Labute approximate surface area is 123 Å². The van der Waals surface area contributed by atoms with Gasteiger partial charge < -0.3 is 4.74 Å². The lowest BCUT2D eigenvalue weighted by molar-refractivity contribution is -0.0348. The normalized spacial score (nSPS) is 34.7. The van der Waals surface area contributed by atoms with Gasteiger partial charge in [-0.25, -0.2) is 0 Å². The maximum absolute atomic E-state index is 6.09. The average molecular weight is 379 g/mol. The highest BCUT2D eigenvalue weighted by molar-refractivity contribution is 14.1. The van der Waals surface area contributed by atoms with Crippen LogP contribution in [-0.2, 0) is 4.74 Å². The minimum absolute atomic E-state index is 0.102. The fourth-order valence-corrected chi connectivity index (χ4v) is 3.40. The third-order valence-corrected chi connectivity index (χ3v) is 6.02. The van der Waals surface area contributed by atoms with E-state index in [1.165, 1.54) is 19.3 Å². The second-order valence-corrected chi connectivity index (χ2v) is 7.11. The molecular formula is C12H21Cl2IO. The predicted molar refractivity (Wildman–Crippen MR) is 80.1 cm³/mol. The Morgan fingerprint density at radius 3 is 2.38 bits per heavy atom. The van der Waals surface area contributed by atoms with Gasteiger partial charge in [-0.2, -0.15) is 0 Å². The van der Waals surface area contributed by atoms with Crippen LogP contribution in [0.2, 0.25) is 0 Å². The highest BCUT2D eigenvalue weighted by Gasteiger charge is 2.28. The molecule has 0 aromatic heterocycles. The molecule has 4 heteroatoms. The SMILES string of the molecule is CC1CCC(OC(CCl)C(I)CCl)CC1C. The van der Waals surface area contributed by atoms with Gasteiger partial charge in [-0.3, -0.25) is 0 Å². The molecule has 1 aliphatic carbocycles. The molecule has 96 valence electrons. The maximum atomic E-state index is 6.09. The summed E-state index contributed by atoms with van der Waals surface area (Å²) in [6.07, 6.45) is 4.10. The molecule has 5 atom stereocenters. The van der Waals surface area contributed by atoms with E-state index in [2.05, 4.69) is 36.4 Å². The summed E-state index contributed by atoms with van der Waals surface area (Å²) in [4.78, 5) is 0. The molecular weight excluding hydrogens is 358 g/mol. The summed E-state index contributed by atoms with van der Waals surface area (Å²) in [5.74, 6) is 2.74. The van der Waals surface area contributed by atoms with Crippen molar-refractivity contribution in [2.45, 2.75) is 49.2 Å². The van der Waals surface area contributed by atoms with Gasteiger partial charge in [0.2, 0.25) is 0 Å². The first-order valence-corrected chi connectivity index (χ1v) is 8.31. The summed E-state index contributed by atoms with van der Waals surface area (Å²) in [5.41, 5.74) is 0. The maximum Gasteiger partial charge on any atom is 0.0843 e. The Bertz CT molecular complexity index is 203. The van der Waals surface area contributed by atoms with Crippen molar-refractivity contribution in [2.75, 3.05) is 11.8 Å². The first kappa shape index (κ1) is 15.3. The fraction of sp³-hybridized carbons (Fsp3) is 1.00. The molecule has 0 aliphatic heterocycles. The van der Waals surface area contributed by atoms with Crippen LogP contribution in [0.3, 0.4) is 0 Å². The van der Waals surface area contributed by atoms with Gasteiger partial charge in [0.05, 0.1) is 16.1 Å². The van der Waals surface area contributed by atoms with Crippen molar-refractivity contribution in [3.05, 3.63) is 0 Å². The summed E-state index contributed by atoms with van der Waals surface area (Å²) in [7, 11) is 0. The molecule has 1 aliphatic rings. The van der Waals surface area contributed by atoms with Crippen molar-refractivity contribution in [3.8, 4) is 0 Å². The van der Waals surface area contributed by atoms with E-state index in [1.807, 2.05) is 0 Å². The van der Waals surface area contributed by atoms with Crippen LogP contribution in [0.5, 0.6) is 0 Å². The number of alkyl halides is 3. The van der Waals surface area contributed by atoms with Crippen molar-refractivity contribution in [3.63, 3.8) is 0 Å². The van der Waals surface area contributed by atoms with Crippen LogP contribution in [0.4, 0.5) is 0 Å². The van der Waals surface area contributed by atoms with Gasteiger partial charge >= 0.3 is 0 Å². The summed E-state index contributed by atoms with van der Waals surface area (Å²) in [5, 5.41) is 0. The molecule has 0 aromatic carbocycles. The number of hydrogen-bond donors (Lipinski definition) is 0. The molecule has 1 nitrogen and oxygen atoms in total. The van der Waals surface area contributed by atoms with Crippen molar-refractivity contribution in [2.24, 2.45) is 11.8 Å². The average Bonchev–Trinajstić information content (AvgIpc) is 2.29. The molecule has 0 bridgehead atoms. The van der Waals surface area contributed by atoms with E-state index < -0.39 is 0 Å². The fourth-order valence-electron chi connectivity index (χ4n) is 2.19. The lowest BCUT2D eigenvalue weighted by Gasteiger charge is -2.34. The van der Waals surface area contributed by atoms with Gasteiger partial charge in [0.1, 0.15) is 0 Å². The van der Waals surface area contributed by atoms with Gasteiger partial charge in [0, 0.05) is 11.8 Å². The minimum Gasteiger partial charge on any atom is -0.373 e. The van der Waals surface area contributed by atoms with Crippen LogP contribution in [0.15, 0.2) is 0 Å². The molecule has 0 radical (unpaired) electrons. The van der Waals surface area contributed by atoms with Crippen LogP contribution in [0.25, 0.3) is 0 Å². The van der Waals surface area contributed by atoms with Crippen LogP contribution in [-0.4, -0.2) is 27.9 Å². The van der Waals surface area contributed by atoms with E-state index in [9.17, 15) is 0 Å². The molecule has 16 heavy (non-hydrogen) atoms. The molecule has 0 aromatic rings. The van der Waals surface area contributed by atoms with E-state index in [4.69, 9.17) is 27.9 Å². The summed E-state index contributed by atoms with van der Waals surface area (Å²) < 4.78 is 6.40. The molecule has 1 fully saturated rings. The first-order chi connectivity index (χ1) is 7.58. The Morgan fingerprint density at radius 2 is 1.88 bits per heavy atom. The number of halogens is 3. The number of hydrogen-bond acceptors (Lipinski definition) is 1. The first-order valence-electron chi connectivity index (χ1n) is 6.00. The molecule has 0 N–H and O–H groups in total. The van der Waals surface area contributed by atoms with E-state index in [0.29, 0.717) is 21.8 Å². The molecule has 0 saturated heterocycles. The van der Waals surface area contributed by atoms with E-state index in [1.54, 1.807) is 0 Å². The zero-order valence-electron chi connectivity index (χ0n) is 9.96. The third kappa shape index (κ3) is 4.51. The Balaban J connectivity index is 2.40. The highest BCUT2D eigenvalue weighted by atomic mass is 127. The molecule has 1 rings (SSSR count). The Kier molecular flexibility index (Phi) is 7.33. The topological polar surface area (TPSA) is 9.23 Å². The summed E-state index contributed by atoms with van der Waals surface area (Å²) in [6, 6.07) is 0. The van der Waals surface area contributed by atoms with Crippen LogP contribution < -0.4 is 0 Å². The summed E-state index contributed by atoms with van der Waals surface area (Å²) in [6.45, 7) is 4.65. The predicted octanol–water partition coefficient (Wildman–Crippen LogP) is 4.48. The van der Waals surface area contributed by atoms with Crippen LogP contribution >= 0.6 is 45.8 Å². The molecule has 0 spiro atoms. The molecule has 1 saturated carbocycles. The van der Waals surface area contributed by atoms with Crippen molar-refractivity contribution >= 4 is 45.8 Å². The van der Waals surface area contributed by atoms with Crippen molar-refractivity contribution in [1.82, 2.24) is 0 Å². The van der Waals surface area contributed by atoms with E-state index in [0.717, 1.165) is 11.8 Å². The van der Waals surface area contributed by atoms with E-state index in [-0.39, 0.29) is 6.10 Å². The molecule has 0 heterocycles. The highest BCUT2D eigenvalue weighted by Crippen LogP contribution is 2.32. The van der Waals surface area contributed by atoms with Gasteiger partial charge in [-0.05, 0) is 31.1 Å². The number of rotatable bonds is 5. The monoisotopic (exact) mass is 378 g/mol. The number of ether oxygens (including phenoxy) is 1. The van der Waals surface area contributed by atoms with Gasteiger partial charge in [0.15, 0.2) is 0 Å². The van der Waals surface area contributed by atoms with Crippen molar-refractivity contribution < 1.29 is 4.74 Å².